The van der Waals surface area contributed by atoms with Crippen molar-refractivity contribution in [1.29, 1.82) is 0 Å². The van der Waals surface area contributed by atoms with Crippen LogP contribution in [-0.2, 0) is 22.6 Å². The van der Waals surface area contributed by atoms with Gasteiger partial charge in [0.25, 0.3) is 5.91 Å². The number of rotatable bonds is 9. The maximum absolute atomic E-state index is 12.4. The molecule has 1 aromatic heterocycles. The van der Waals surface area contributed by atoms with Crippen LogP contribution in [0.25, 0.3) is 11.0 Å². The Balaban J connectivity index is 1.55. The van der Waals surface area contributed by atoms with Gasteiger partial charge in [-0.25, -0.2) is 0 Å². The first kappa shape index (κ1) is 19.6. The highest BCUT2D eigenvalue weighted by atomic mass is 16.5. The molecule has 3 aromatic rings. The molecule has 1 amide bonds. The van der Waals surface area contributed by atoms with E-state index in [4.69, 9.17) is 13.9 Å². The fourth-order valence-electron chi connectivity index (χ4n) is 2.79. The van der Waals surface area contributed by atoms with Crippen molar-refractivity contribution in [1.82, 2.24) is 5.32 Å². The van der Waals surface area contributed by atoms with E-state index in [9.17, 15) is 9.59 Å². The number of aldehydes is 1. The van der Waals surface area contributed by atoms with E-state index in [1.54, 1.807) is 31.4 Å². The first-order valence-electron chi connectivity index (χ1n) is 9.12. The molecular weight excluding hydrogens is 358 g/mol. The molecular formula is C22H23NO5. The van der Waals surface area contributed by atoms with Gasteiger partial charge in [0.15, 0.2) is 5.76 Å². The van der Waals surface area contributed by atoms with Crippen LogP contribution in [0.3, 0.4) is 0 Å². The second-order valence-electron chi connectivity index (χ2n) is 6.42. The average molecular weight is 381 g/mol. The van der Waals surface area contributed by atoms with Gasteiger partial charge in [0.2, 0.25) is 0 Å². The lowest BCUT2D eigenvalue weighted by Crippen LogP contribution is -2.39. The van der Waals surface area contributed by atoms with Crippen molar-refractivity contribution >= 4 is 23.2 Å². The number of carbonyl (C=O) groups excluding carboxylic acids is 2. The molecule has 3 rings (SSSR count). The molecule has 146 valence electrons. The Hall–Kier alpha value is -3.12. The Bertz CT molecular complexity index is 945. The normalized spacial score (nSPS) is 11.9. The summed E-state index contributed by atoms with van der Waals surface area (Å²) < 4.78 is 16.3. The molecule has 6 heteroatoms. The van der Waals surface area contributed by atoms with Crippen LogP contribution in [0.15, 0.2) is 52.9 Å². The minimum atomic E-state index is -0.759. The van der Waals surface area contributed by atoms with Gasteiger partial charge < -0.3 is 24.0 Å². The molecule has 0 aliphatic heterocycles. The van der Waals surface area contributed by atoms with E-state index in [-0.39, 0.29) is 12.4 Å². The van der Waals surface area contributed by atoms with E-state index in [1.807, 2.05) is 24.3 Å². The Kier molecular flexibility index (Phi) is 6.45. The third-order valence-corrected chi connectivity index (χ3v) is 4.43. The molecule has 1 atom stereocenters. The lowest BCUT2D eigenvalue weighted by atomic mass is 10.1. The molecule has 0 bridgehead atoms. The molecule has 0 aliphatic carbocycles. The quantitative estimate of drug-likeness (QED) is 0.574. The van der Waals surface area contributed by atoms with Gasteiger partial charge in [-0.1, -0.05) is 31.2 Å². The molecule has 1 unspecified atom stereocenters. The zero-order valence-electron chi connectivity index (χ0n) is 15.9. The predicted molar refractivity (Wildman–Crippen MR) is 106 cm³/mol. The van der Waals surface area contributed by atoms with E-state index in [1.165, 1.54) is 5.56 Å². The first-order valence-corrected chi connectivity index (χ1v) is 9.12. The third kappa shape index (κ3) is 4.78. The van der Waals surface area contributed by atoms with Gasteiger partial charge in [-0.15, -0.1) is 0 Å². The van der Waals surface area contributed by atoms with Crippen molar-refractivity contribution in [2.24, 2.45) is 0 Å². The topological polar surface area (TPSA) is 77.8 Å². The second kappa shape index (κ2) is 9.19. The minimum absolute atomic E-state index is 0.0822. The van der Waals surface area contributed by atoms with Crippen LogP contribution >= 0.6 is 0 Å². The maximum Gasteiger partial charge on any atom is 0.287 e. The molecule has 0 fully saturated rings. The lowest BCUT2D eigenvalue weighted by molar-refractivity contribution is -0.110. The number of fused-ring (bicyclic) bond motifs is 1. The first-order chi connectivity index (χ1) is 13.6. The fourth-order valence-corrected chi connectivity index (χ4v) is 2.79. The molecule has 0 saturated heterocycles. The summed E-state index contributed by atoms with van der Waals surface area (Å²) in [5.41, 5.74) is 2.84. The van der Waals surface area contributed by atoms with Gasteiger partial charge >= 0.3 is 0 Å². The summed E-state index contributed by atoms with van der Waals surface area (Å²) >= 11 is 0. The van der Waals surface area contributed by atoms with Crippen LogP contribution in [0.5, 0.6) is 5.75 Å². The van der Waals surface area contributed by atoms with Crippen LogP contribution in [0.4, 0.5) is 0 Å². The summed E-state index contributed by atoms with van der Waals surface area (Å²) in [7, 11) is 1.57. The van der Waals surface area contributed by atoms with Gasteiger partial charge in [-0.3, -0.25) is 4.79 Å². The summed E-state index contributed by atoms with van der Waals surface area (Å²) in [5, 5.41) is 3.37. The van der Waals surface area contributed by atoms with Gasteiger partial charge in [0, 0.05) is 5.39 Å². The number of hydrogen-bond acceptors (Lipinski definition) is 5. The van der Waals surface area contributed by atoms with Gasteiger partial charge in [-0.05, 0) is 41.8 Å². The van der Waals surface area contributed by atoms with Gasteiger partial charge in [0.1, 0.15) is 23.7 Å². The third-order valence-electron chi connectivity index (χ3n) is 4.43. The number of carbonyl (C=O) groups is 2. The molecule has 2 aromatic carbocycles. The summed E-state index contributed by atoms with van der Waals surface area (Å²) in [6.07, 6.45) is 1.64. The Morgan fingerprint density at radius 3 is 2.57 bits per heavy atom. The van der Waals surface area contributed by atoms with Crippen molar-refractivity contribution in [3.8, 4) is 5.75 Å². The summed E-state index contributed by atoms with van der Waals surface area (Å²) in [5.74, 6) is 0.333. The van der Waals surface area contributed by atoms with E-state index in [2.05, 4.69) is 12.2 Å². The Morgan fingerprint density at radius 2 is 1.89 bits per heavy atom. The number of benzene rings is 2. The highest BCUT2D eigenvalue weighted by molar-refractivity contribution is 5.97. The highest BCUT2D eigenvalue weighted by Crippen LogP contribution is 2.24. The monoisotopic (exact) mass is 381 g/mol. The van der Waals surface area contributed by atoms with Crippen molar-refractivity contribution in [3.05, 3.63) is 65.4 Å². The zero-order valence-corrected chi connectivity index (χ0v) is 15.9. The summed E-state index contributed by atoms with van der Waals surface area (Å²) in [6, 6.07) is 14.2. The minimum Gasteiger partial charge on any atom is -0.497 e. The SMILES string of the molecule is CCc1ccc(COCC(C=O)NC(=O)c2cc3cc(OC)ccc3o2)cc1. The number of methoxy groups -OCH3 is 1. The predicted octanol–water partition coefficient (Wildman–Crippen LogP) is 3.52. The number of nitrogens with one attached hydrogen (secondary N) is 1. The van der Waals surface area contributed by atoms with Gasteiger partial charge in [0.05, 0.1) is 20.3 Å². The van der Waals surface area contributed by atoms with E-state index < -0.39 is 11.9 Å². The molecule has 0 spiro atoms. The zero-order chi connectivity index (χ0) is 19.9. The Morgan fingerprint density at radius 1 is 1.14 bits per heavy atom. The van der Waals surface area contributed by atoms with E-state index in [0.29, 0.717) is 24.2 Å². The lowest BCUT2D eigenvalue weighted by Gasteiger charge is -2.12. The number of ether oxygens (including phenoxy) is 2. The van der Waals surface area contributed by atoms with Crippen LogP contribution in [0, 0.1) is 0 Å². The summed E-state index contributed by atoms with van der Waals surface area (Å²) in [4.78, 5) is 23.7. The molecule has 28 heavy (non-hydrogen) atoms. The van der Waals surface area contributed by atoms with Crippen molar-refractivity contribution in [2.75, 3.05) is 13.7 Å². The van der Waals surface area contributed by atoms with Crippen LogP contribution in [-0.4, -0.2) is 32.0 Å². The number of furan rings is 1. The van der Waals surface area contributed by atoms with Crippen molar-refractivity contribution < 1.29 is 23.5 Å². The van der Waals surface area contributed by atoms with Crippen molar-refractivity contribution in [3.63, 3.8) is 0 Å². The van der Waals surface area contributed by atoms with Crippen LogP contribution < -0.4 is 10.1 Å². The molecule has 6 nitrogen and oxygen atoms in total. The molecule has 0 saturated carbocycles. The van der Waals surface area contributed by atoms with Crippen molar-refractivity contribution in [2.45, 2.75) is 26.0 Å². The maximum atomic E-state index is 12.4. The smallest absolute Gasteiger partial charge is 0.287 e. The number of amides is 1. The fraction of sp³-hybridized carbons (Fsp3) is 0.273. The number of aryl methyl sites for hydroxylation is 1. The molecule has 0 radical (unpaired) electrons. The highest BCUT2D eigenvalue weighted by Gasteiger charge is 2.17. The second-order valence-corrected chi connectivity index (χ2v) is 6.42. The van der Waals surface area contributed by atoms with E-state index >= 15 is 0 Å². The van der Waals surface area contributed by atoms with Crippen LogP contribution in [0.2, 0.25) is 0 Å². The molecule has 0 aliphatic rings. The van der Waals surface area contributed by atoms with Crippen LogP contribution in [0.1, 0.15) is 28.6 Å². The standard InChI is InChI=1S/C22H23NO5/c1-3-15-4-6-16(7-5-15)13-27-14-18(12-24)23-22(25)21-11-17-10-19(26-2)8-9-20(17)28-21/h4-12,18H,3,13-14H2,1-2H3,(H,23,25). The Labute approximate surface area is 163 Å². The molecule has 1 heterocycles. The largest absolute Gasteiger partial charge is 0.497 e. The molecule has 1 N–H and O–H groups in total. The van der Waals surface area contributed by atoms with Gasteiger partial charge in [-0.2, -0.15) is 0 Å². The average Bonchev–Trinajstić information content (AvgIpc) is 3.16. The number of hydrogen-bond donors (Lipinski definition) is 1. The summed E-state index contributed by atoms with van der Waals surface area (Å²) in [6.45, 7) is 2.55. The van der Waals surface area contributed by atoms with E-state index in [0.717, 1.165) is 17.4 Å².